The van der Waals surface area contributed by atoms with Gasteiger partial charge in [-0.05, 0) is 97.4 Å². The summed E-state index contributed by atoms with van der Waals surface area (Å²) in [5, 5.41) is 0.862. The fourth-order valence-electron chi connectivity index (χ4n) is 6.23. The molecular weight excluding hydrogens is 507 g/mol. The number of fused-ring (bicyclic) bond motifs is 2. The van der Waals surface area contributed by atoms with E-state index in [1.54, 1.807) is 31.0 Å². The van der Waals surface area contributed by atoms with Gasteiger partial charge in [-0.3, -0.25) is 19.6 Å². The van der Waals surface area contributed by atoms with Crippen LogP contribution in [0.4, 0.5) is 4.39 Å². The minimum atomic E-state index is -0.352. The van der Waals surface area contributed by atoms with E-state index in [0.29, 0.717) is 24.6 Å². The van der Waals surface area contributed by atoms with Crippen LogP contribution in [0.1, 0.15) is 35.2 Å². The van der Waals surface area contributed by atoms with Crippen molar-refractivity contribution in [1.29, 1.82) is 0 Å². The molecule has 8 heteroatoms. The minimum Gasteiger partial charge on any atom is -0.493 e. The monoisotopic (exact) mass is 542 g/mol. The van der Waals surface area contributed by atoms with Crippen molar-refractivity contribution in [3.05, 3.63) is 99.3 Å². The molecule has 0 saturated carbocycles. The third kappa shape index (κ3) is 5.33. The average Bonchev–Trinajstić information content (AvgIpc) is 2.99. The summed E-state index contributed by atoms with van der Waals surface area (Å²) in [6.07, 6.45) is 4.84. The van der Waals surface area contributed by atoms with Crippen LogP contribution in [0, 0.1) is 5.82 Å². The normalized spacial score (nSPS) is 16.7. The molecule has 40 heavy (non-hydrogen) atoms. The van der Waals surface area contributed by atoms with Gasteiger partial charge in [-0.15, -0.1) is 0 Å². The number of benzene rings is 2. The lowest BCUT2D eigenvalue weighted by Crippen LogP contribution is -2.46. The number of pyridine rings is 2. The zero-order chi connectivity index (χ0) is 27.6. The van der Waals surface area contributed by atoms with Crippen LogP contribution in [0.3, 0.4) is 0 Å². The van der Waals surface area contributed by atoms with Gasteiger partial charge in [0.1, 0.15) is 5.82 Å². The summed E-state index contributed by atoms with van der Waals surface area (Å²) in [5.41, 5.74) is 4.67. The summed E-state index contributed by atoms with van der Waals surface area (Å²) in [5.74, 6) is 1.22. The Balaban J connectivity index is 1.16. The van der Waals surface area contributed by atoms with Crippen LogP contribution in [0.25, 0.3) is 10.9 Å². The number of hydrogen-bond acceptors (Lipinski definition) is 6. The van der Waals surface area contributed by atoms with E-state index in [-0.39, 0.29) is 11.4 Å². The molecule has 0 amide bonds. The van der Waals surface area contributed by atoms with E-state index in [9.17, 15) is 9.18 Å². The Bertz CT molecular complexity index is 1560. The number of nitrogens with zero attached hydrogens (tertiary/aromatic N) is 4. The van der Waals surface area contributed by atoms with Crippen LogP contribution in [-0.2, 0) is 26.1 Å². The van der Waals surface area contributed by atoms with E-state index < -0.39 is 0 Å². The maximum atomic E-state index is 14.1. The molecule has 0 N–H and O–H groups in total. The molecule has 4 aromatic rings. The summed E-state index contributed by atoms with van der Waals surface area (Å²) in [6.45, 7) is 4.71. The standard InChI is InChI=1S/C32H35FN4O3/c1-39-30-16-22-8-14-36(20-24(22)17-31(30)40-2)28-9-12-35(13-10-28)19-25-15-23-6-7-26(33)18-29(23)37(32(25)38)21-27-5-3-4-11-34-27/h3-7,11,15-18,28H,8-10,12-14,19-21H2,1-2H3. The third-order valence-corrected chi connectivity index (χ3v) is 8.39. The molecule has 0 bridgehead atoms. The third-order valence-electron chi connectivity index (χ3n) is 8.39. The predicted molar refractivity (Wildman–Crippen MR) is 153 cm³/mol. The van der Waals surface area contributed by atoms with Gasteiger partial charge in [-0.25, -0.2) is 4.39 Å². The topological polar surface area (TPSA) is 59.8 Å². The highest BCUT2D eigenvalue weighted by molar-refractivity contribution is 5.79. The second-order valence-electron chi connectivity index (χ2n) is 10.8. The Labute approximate surface area is 233 Å². The highest BCUT2D eigenvalue weighted by Crippen LogP contribution is 2.34. The number of aromatic nitrogens is 2. The zero-order valence-corrected chi connectivity index (χ0v) is 23.1. The molecule has 6 rings (SSSR count). The van der Waals surface area contributed by atoms with Gasteiger partial charge in [0.05, 0.1) is 32.0 Å². The minimum absolute atomic E-state index is 0.0807. The van der Waals surface area contributed by atoms with Gasteiger partial charge in [0.2, 0.25) is 0 Å². The molecule has 1 saturated heterocycles. The first-order valence-electron chi connectivity index (χ1n) is 13.9. The second kappa shape index (κ2) is 11.4. The van der Waals surface area contributed by atoms with Gasteiger partial charge < -0.3 is 14.0 Å². The first-order chi connectivity index (χ1) is 19.5. The van der Waals surface area contributed by atoms with Crippen LogP contribution in [0.5, 0.6) is 11.5 Å². The molecule has 2 aromatic heterocycles. The molecule has 7 nitrogen and oxygen atoms in total. The molecule has 1 fully saturated rings. The number of rotatable bonds is 7. The van der Waals surface area contributed by atoms with Gasteiger partial charge in [-0.2, -0.15) is 0 Å². The molecule has 2 aromatic carbocycles. The number of hydrogen-bond donors (Lipinski definition) is 0. The van der Waals surface area contributed by atoms with Gasteiger partial charge in [0, 0.05) is 37.4 Å². The van der Waals surface area contributed by atoms with Crippen molar-refractivity contribution in [3.8, 4) is 11.5 Å². The SMILES string of the molecule is COc1cc2c(cc1OC)CN(C1CCN(Cc3cc4ccc(F)cc4n(Cc4ccccn4)c3=O)CC1)CC2. The molecule has 0 aliphatic carbocycles. The van der Waals surface area contributed by atoms with E-state index in [1.165, 1.54) is 23.3 Å². The largest absolute Gasteiger partial charge is 0.493 e. The molecule has 0 radical (unpaired) electrons. The number of piperidine rings is 1. The van der Waals surface area contributed by atoms with Crippen LogP contribution in [-0.4, -0.2) is 59.2 Å². The number of halogens is 1. The van der Waals surface area contributed by atoms with Gasteiger partial charge in [0.25, 0.3) is 5.56 Å². The summed E-state index contributed by atoms with van der Waals surface area (Å²) in [7, 11) is 3.36. The Morgan fingerprint density at radius 1 is 0.925 bits per heavy atom. The molecule has 2 aliphatic rings. The Hall–Kier alpha value is -3.75. The zero-order valence-electron chi connectivity index (χ0n) is 23.1. The Morgan fingerprint density at radius 3 is 2.42 bits per heavy atom. The highest BCUT2D eigenvalue weighted by Gasteiger charge is 2.28. The number of methoxy groups -OCH3 is 2. The van der Waals surface area contributed by atoms with Crippen LogP contribution >= 0.6 is 0 Å². The van der Waals surface area contributed by atoms with E-state index in [4.69, 9.17) is 9.47 Å². The molecule has 4 heterocycles. The maximum Gasteiger partial charge on any atom is 0.255 e. The number of ether oxygens (including phenoxy) is 2. The fraction of sp³-hybridized carbons (Fsp3) is 0.375. The summed E-state index contributed by atoms with van der Waals surface area (Å²) in [6, 6.07) is 17.0. The molecule has 0 atom stereocenters. The predicted octanol–water partition coefficient (Wildman–Crippen LogP) is 4.62. The smallest absolute Gasteiger partial charge is 0.255 e. The quantitative estimate of drug-likeness (QED) is 0.340. The first-order valence-corrected chi connectivity index (χ1v) is 13.9. The van der Waals surface area contributed by atoms with E-state index in [0.717, 1.165) is 73.6 Å². The number of likely N-dealkylation sites (tertiary alicyclic amines) is 1. The van der Waals surface area contributed by atoms with E-state index in [2.05, 4.69) is 26.9 Å². The van der Waals surface area contributed by atoms with Crippen molar-refractivity contribution in [1.82, 2.24) is 19.4 Å². The summed E-state index contributed by atoms with van der Waals surface area (Å²) in [4.78, 5) is 23.0. The Morgan fingerprint density at radius 2 is 1.70 bits per heavy atom. The summed E-state index contributed by atoms with van der Waals surface area (Å²) < 4.78 is 26.8. The van der Waals surface area contributed by atoms with Gasteiger partial charge >= 0.3 is 0 Å². The molecule has 0 unspecified atom stereocenters. The van der Waals surface area contributed by atoms with Crippen molar-refractivity contribution in [2.24, 2.45) is 0 Å². The lowest BCUT2D eigenvalue weighted by atomic mass is 9.94. The summed E-state index contributed by atoms with van der Waals surface area (Å²) >= 11 is 0. The van der Waals surface area contributed by atoms with E-state index >= 15 is 0 Å². The van der Waals surface area contributed by atoms with E-state index in [1.807, 2.05) is 24.3 Å². The highest BCUT2D eigenvalue weighted by atomic mass is 19.1. The lowest BCUT2D eigenvalue weighted by molar-refractivity contribution is 0.0945. The van der Waals surface area contributed by atoms with Crippen LogP contribution < -0.4 is 15.0 Å². The van der Waals surface area contributed by atoms with Crippen LogP contribution in [0.2, 0.25) is 0 Å². The maximum absolute atomic E-state index is 14.1. The van der Waals surface area contributed by atoms with Gasteiger partial charge in [-0.1, -0.05) is 6.07 Å². The van der Waals surface area contributed by atoms with Crippen molar-refractivity contribution in [3.63, 3.8) is 0 Å². The first kappa shape index (κ1) is 26.5. The van der Waals surface area contributed by atoms with Crippen molar-refractivity contribution >= 4 is 10.9 Å². The second-order valence-corrected chi connectivity index (χ2v) is 10.8. The fourth-order valence-corrected chi connectivity index (χ4v) is 6.23. The lowest BCUT2D eigenvalue weighted by Gasteiger charge is -2.40. The Kier molecular flexibility index (Phi) is 7.54. The van der Waals surface area contributed by atoms with Gasteiger partial charge in [0.15, 0.2) is 11.5 Å². The van der Waals surface area contributed by atoms with Crippen LogP contribution in [0.15, 0.2) is 65.6 Å². The molecule has 208 valence electrons. The molecular formula is C32H35FN4O3. The molecule has 2 aliphatic heterocycles. The molecule has 0 spiro atoms. The van der Waals surface area contributed by atoms with Crippen molar-refractivity contribution in [2.45, 2.75) is 44.9 Å². The van der Waals surface area contributed by atoms with Crippen molar-refractivity contribution < 1.29 is 13.9 Å². The average molecular weight is 543 g/mol. The van der Waals surface area contributed by atoms with Crippen molar-refractivity contribution in [2.75, 3.05) is 33.9 Å².